The van der Waals surface area contributed by atoms with Crippen molar-refractivity contribution in [3.8, 4) is 0 Å². The van der Waals surface area contributed by atoms with Crippen LogP contribution in [0, 0.1) is 0 Å². The van der Waals surface area contributed by atoms with Crippen molar-refractivity contribution in [3.05, 3.63) is 70.3 Å². The monoisotopic (exact) mass is 305 g/mol. The maximum Gasteiger partial charge on any atom is 0.224 e. The molecule has 1 atom stereocenters. The van der Waals surface area contributed by atoms with E-state index in [-0.39, 0.29) is 11.9 Å². The van der Waals surface area contributed by atoms with Crippen LogP contribution in [0.25, 0.3) is 0 Å². The van der Waals surface area contributed by atoms with Gasteiger partial charge in [0.25, 0.3) is 0 Å². The minimum atomic E-state index is 0.141. The highest BCUT2D eigenvalue weighted by Crippen LogP contribution is 2.30. The van der Waals surface area contributed by atoms with Gasteiger partial charge in [0.05, 0.1) is 12.5 Å². The summed E-state index contributed by atoms with van der Waals surface area (Å²) >= 11 is 0. The lowest BCUT2D eigenvalue weighted by Crippen LogP contribution is -2.28. The molecule has 0 unspecified atom stereocenters. The van der Waals surface area contributed by atoms with E-state index in [4.69, 9.17) is 0 Å². The van der Waals surface area contributed by atoms with Crippen molar-refractivity contribution in [2.24, 2.45) is 0 Å². The van der Waals surface area contributed by atoms with E-state index in [0.29, 0.717) is 6.42 Å². The third kappa shape index (κ3) is 3.03. The van der Waals surface area contributed by atoms with Gasteiger partial charge in [-0.05, 0) is 66.3 Å². The Bertz CT molecular complexity index is 734. The minimum Gasteiger partial charge on any atom is -0.349 e. The molecule has 0 spiro atoms. The summed E-state index contributed by atoms with van der Waals surface area (Å²) < 4.78 is 0. The average Bonchev–Trinajstić information content (AvgIpc) is 2.98. The number of nitrogens with one attached hydrogen (secondary N) is 1. The fourth-order valence-corrected chi connectivity index (χ4v) is 4.03. The van der Waals surface area contributed by atoms with Gasteiger partial charge in [0, 0.05) is 0 Å². The quantitative estimate of drug-likeness (QED) is 0.915. The van der Waals surface area contributed by atoms with Gasteiger partial charge in [0.1, 0.15) is 0 Å². The molecule has 0 aliphatic heterocycles. The molecular formula is C21H23NO. The Kier molecular flexibility index (Phi) is 3.90. The first-order valence-corrected chi connectivity index (χ1v) is 8.77. The van der Waals surface area contributed by atoms with Crippen molar-refractivity contribution in [2.45, 2.75) is 51.0 Å². The van der Waals surface area contributed by atoms with Crippen molar-refractivity contribution in [1.29, 1.82) is 0 Å². The lowest BCUT2D eigenvalue weighted by molar-refractivity contribution is -0.121. The van der Waals surface area contributed by atoms with E-state index in [0.717, 1.165) is 18.4 Å². The van der Waals surface area contributed by atoms with E-state index in [1.807, 2.05) is 0 Å². The van der Waals surface area contributed by atoms with Crippen LogP contribution in [0.4, 0.5) is 0 Å². The molecule has 0 saturated carbocycles. The normalized spacial score (nSPS) is 19.0. The summed E-state index contributed by atoms with van der Waals surface area (Å²) in [5, 5.41) is 3.22. The second-order valence-electron chi connectivity index (χ2n) is 6.84. The summed E-state index contributed by atoms with van der Waals surface area (Å²) in [6.07, 6.45) is 7.53. The Hall–Kier alpha value is -2.09. The standard InChI is InChI=1S/C21H23NO/c23-21(22-20-12-11-17-6-3-4-8-19(17)20)14-15-9-10-16-5-1-2-7-18(16)13-15/h3-4,6,8-10,13,20H,1-2,5,7,11-12,14H2,(H,22,23)/t20-/m1/s1. The molecule has 0 fully saturated rings. The van der Waals surface area contributed by atoms with E-state index >= 15 is 0 Å². The van der Waals surface area contributed by atoms with E-state index in [9.17, 15) is 4.79 Å². The maximum atomic E-state index is 12.4. The number of fused-ring (bicyclic) bond motifs is 2. The Balaban J connectivity index is 1.43. The van der Waals surface area contributed by atoms with Gasteiger partial charge in [0.15, 0.2) is 0 Å². The SMILES string of the molecule is O=C(Cc1ccc2c(c1)CCCC2)N[C@@H]1CCc2ccccc21. The van der Waals surface area contributed by atoms with E-state index < -0.39 is 0 Å². The number of carbonyl (C=O) groups excluding carboxylic acids is 1. The molecule has 23 heavy (non-hydrogen) atoms. The van der Waals surface area contributed by atoms with Crippen molar-refractivity contribution in [2.75, 3.05) is 0 Å². The van der Waals surface area contributed by atoms with Gasteiger partial charge < -0.3 is 5.32 Å². The first-order chi connectivity index (χ1) is 11.3. The van der Waals surface area contributed by atoms with Gasteiger partial charge in [0.2, 0.25) is 5.91 Å². The fourth-order valence-electron chi connectivity index (χ4n) is 4.03. The molecule has 0 saturated heterocycles. The van der Waals surface area contributed by atoms with Crippen LogP contribution in [0.15, 0.2) is 42.5 Å². The second-order valence-corrected chi connectivity index (χ2v) is 6.84. The predicted molar refractivity (Wildman–Crippen MR) is 92.4 cm³/mol. The van der Waals surface area contributed by atoms with Crippen LogP contribution in [0.1, 0.15) is 53.1 Å². The van der Waals surface area contributed by atoms with Gasteiger partial charge in [-0.15, -0.1) is 0 Å². The largest absolute Gasteiger partial charge is 0.349 e. The lowest BCUT2D eigenvalue weighted by Gasteiger charge is -2.17. The summed E-state index contributed by atoms with van der Waals surface area (Å²) in [4.78, 5) is 12.4. The number of amides is 1. The third-order valence-corrected chi connectivity index (χ3v) is 5.25. The van der Waals surface area contributed by atoms with Gasteiger partial charge in [-0.2, -0.15) is 0 Å². The van der Waals surface area contributed by atoms with Gasteiger partial charge >= 0.3 is 0 Å². The smallest absolute Gasteiger partial charge is 0.224 e. The van der Waals surface area contributed by atoms with Crippen LogP contribution in [0.5, 0.6) is 0 Å². The number of benzene rings is 2. The highest BCUT2D eigenvalue weighted by Gasteiger charge is 2.23. The summed E-state index contributed by atoms with van der Waals surface area (Å²) in [5.41, 5.74) is 6.75. The van der Waals surface area contributed by atoms with Crippen LogP contribution in [-0.2, 0) is 30.5 Å². The van der Waals surface area contributed by atoms with Crippen LogP contribution >= 0.6 is 0 Å². The van der Waals surface area contributed by atoms with E-state index in [1.54, 1.807) is 0 Å². The first-order valence-electron chi connectivity index (χ1n) is 8.77. The van der Waals surface area contributed by atoms with Gasteiger partial charge in [-0.3, -0.25) is 4.79 Å². The third-order valence-electron chi connectivity index (χ3n) is 5.25. The van der Waals surface area contributed by atoms with Gasteiger partial charge in [-0.1, -0.05) is 42.5 Å². The Morgan fingerprint density at radius 3 is 2.70 bits per heavy atom. The number of rotatable bonds is 3. The number of aryl methyl sites for hydroxylation is 3. The second kappa shape index (κ2) is 6.19. The molecule has 1 N–H and O–H groups in total. The minimum absolute atomic E-state index is 0.141. The highest BCUT2D eigenvalue weighted by molar-refractivity contribution is 5.79. The molecule has 2 aliphatic carbocycles. The van der Waals surface area contributed by atoms with E-state index in [2.05, 4.69) is 47.8 Å². The number of carbonyl (C=O) groups is 1. The maximum absolute atomic E-state index is 12.4. The Morgan fingerprint density at radius 1 is 0.957 bits per heavy atom. The highest BCUT2D eigenvalue weighted by atomic mass is 16.1. The molecule has 2 aromatic rings. The van der Waals surface area contributed by atoms with Crippen LogP contribution in [-0.4, -0.2) is 5.91 Å². The molecule has 0 radical (unpaired) electrons. The zero-order chi connectivity index (χ0) is 15.6. The van der Waals surface area contributed by atoms with Crippen LogP contribution in [0.3, 0.4) is 0 Å². The van der Waals surface area contributed by atoms with E-state index in [1.165, 1.54) is 47.9 Å². The summed E-state index contributed by atoms with van der Waals surface area (Å²) in [7, 11) is 0. The fraction of sp³-hybridized carbons (Fsp3) is 0.381. The van der Waals surface area contributed by atoms with Crippen molar-refractivity contribution >= 4 is 5.91 Å². The molecule has 1 amide bonds. The predicted octanol–water partition coefficient (Wildman–Crippen LogP) is 3.91. The van der Waals surface area contributed by atoms with Crippen LogP contribution < -0.4 is 5.32 Å². The molecule has 2 aromatic carbocycles. The Morgan fingerprint density at radius 2 is 1.78 bits per heavy atom. The molecule has 2 aliphatic rings. The van der Waals surface area contributed by atoms with Gasteiger partial charge in [-0.25, -0.2) is 0 Å². The lowest BCUT2D eigenvalue weighted by atomic mass is 9.90. The molecule has 0 bridgehead atoms. The van der Waals surface area contributed by atoms with Crippen molar-refractivity contribution < 1.29 is 4.79 Å². The number of hydrogen-bond acceptors (Lipinski definition) is 1. The van der Waals surface area contributed by atoms with Crippen molar-refractivity contribution in [1.82, 2.24) is 5.32 Å². The Labute approximate surface area is 137 Å². The molecule has 0 heterocycles. The topological polar surface area (TPSA) is 29.1 Å². The summed E-state index contributed by atoms with van der Waals surface area (Å²) in [6, 6.07) is 15.3. The molecule has 2 heteroatoms. The zero-order valence-electron chi connectivity index (χ0n) is 13.5. The zero-order valence-corrected chi connectivity index (χ0v) is 13.5. The molecule has 118 valence electrons. The number of hydrogen-bond donors (Lipinski definition) is 1. The summed E-state index contributed by atoms with van der Waals surface area (Å²) in [5.74, 6) is 0.141. The van der Waals surface area contributed by atoms with Crippen LogP contribution in [0.2, 0.25) is 0 Å². The molecule has 0 aromatic heterocycles. The average molecular weight is 305 g/mol. The molecule has 2 nitrogen and oxygen atoms in total. The summed E-state index contributed by atoms with van der Waals surface area (Å²) in [6.45, 7) is 0. The first kappa shape index (κ1) is 14.5. The molecular weight excluding hydrogens is 282 g/mol. The molecule has 4 rings (SSSR count). The van der Waals surface area contributed by atoms with Crippen molar-refractivity contribution in [3.63, 3.8) is 0 Å².